The third-order valence-corrected chi connectivity index (χ3v) is 5.05. The van der Waals surface area contributed by atoms with E-state index in [1.165, 1.54) is 16.7 Å². The van der Waals surface area contributed by atoms with Gasteiger partial charge < -0.3 is 0 Å². The average Bonchev–Trinajstić information content (AvgIpc) is 2.82. The Morgan fingerprint density at radius 3 is 1.67 bits per heavy atom. The van der Waals surface area contributed by atoms with Crippen LogP contribution >= 0.6 is 0 Å². The molecular formula is C29H25N. The first-order chi connectivity index (χ1) is 14.8. The molecule has 0 radical (unpaired) electrons. The number of benzene rings is 4. The summed E-state index contributed by atoms with van der Waals surface area (Å²) >= 11 is 0. The number of rotatable bonds is 6. The van der Waals surface area contributed by atoms with Crippen LogP contribution in [0.25, 0.3) is 6.08 Å². The maximum Gasteiger partial charge on any atom is 0.0941 e. The van der Waals surface area contributed by atoms with Crippen molar-refractivity contribution in [3.63, 3.8) is 0 Å². The van der Waals surface area contributed by atoms with Gasteiger partial charge >= 0.3 is 0 Å². The second-order valence-electron chi connectivity index (χ2n) is 7.34. The van der Waals surface area contributed by atoms with Crippen LogP contribution in [0.5, 0.6) is 0 Å². The van der Waals surface area contributed by atoms with E-state index < -0.39 is 0 Å². The van der Waals surface area contributed by atoms with Crippen molar-refractivity contribution in [2.45, 2.75) is 13.0 Å². The van der Waals surface area contributed by atoms with Gasteiger partial charge in [-0.05, 0) is 18.1 Å². The second kappa shape index (κ2) is 9.67. The summed E-state index contributed by atoms with van der Waals surface area (Å²) in [5, 5.41) is 0. The molecule has 0 saturated carbocycles. The number of hydrogen-bond donors (Lipinski definition) is 0. The Kier molecular flexibility index (Phi) is 6.31. The van der Waals surface area contributed by atoms with Crippen LogP contribution in [-0.4, -0.2) is 5.71 Å². The first-order valence-corrected chi connectivity index (χ1v) is 10.3. The zero-order chi connectivity index (χ0) is 20.6. The molecule has 1 nitrogen and oxygen atoms in total. The quantitative estimate of drug-likeness (QED) is 0.308. The zero-order valence-electron chi connectivity index (χ0n) is 17.1. The first kappa shape index (κ1) is 19.6. The highest BCUT2D eigenvalue weighted by Crippen LogP contribution is 2.24. The maximum atomic E-state index is 5.26. The van der Waals surface area contributed by atoms with Crippen LogP contribution in [0.3, 0.4) is 0 Å². The van der Waals surface area contributed by atoms with Crippen molar-refractivity contribution in [1.82, 2.24) is 0 Å². The van der Waals surface area contributed by atoms with Gasteiger partial charge in [0.25, 0.3) is 0 Å². The fraction of sp³-hybridized carbons (Fsp3) is 0.0690. The lowest BCUT2D eigenvalue weighted by molar-refractivity contribution is 0.916. The molecule has 0 saturated heterocycles. The molecule has 1 heteroatoms. The van der Waals surface area contributed by atoms with Crippen LogP contribution < -0.4 is 0 Å². The highest BCUT2D eigenvalue weighted by Gasteiger charge is 2.12. The van der Waals surface area contributed by atoms with Crippen LogP contribution in [0.4, 0.5) is 0 Å². The molecule has 0 bridgehead atoms. The van der Waals surface area contributed by atoms with E-state index in [0.717, 1.165) is 16.8 Å². The van der Waals surface area contributed by atoms with Crippen molar-refractivity contribution in [1.29, 1.82) is 0 Å². The molecule has 4 aromatic carbocycles. The van der Waals surface area contributed by atoms with Crippen LogP contribution in [0.15, 0.2) is 126 Å². The van der Waals surface area contributed by atoms with Crippen molar-refractivity contribution in [2.24, 2.45) is 4.99 Å². The van der Waals surface area contributed by atoms with Crippen molar-refractivity contribution < 1.29 is 0 Å². The summed E-state index contributed by atoms with van der Waals surface area (Å²) in [6, 6.07) is 39.8. The summed E-state index contributed by atoms with van der Waals surface area (Å²) in [5.41, 5.74) is 6.84. The molecule has 4 aromatic rings. The molecular weight excluding hydrogens is 362 g/mol. The molecule has 30 heavy (non-hydrogen) atoms. The third-order valence-electron chi connectivity index (χ3n) is 5.05. The molecule has 0 aliphatic rings. The standard InChI is InChI=1S/C29H25N/c1-23-17-20-25(21-18-23)28(22-19-24-11-5-2-6-12-24)30-29(26-13-7-3-8-14-26)27-15-9-4-10-16-27/h2-22,28H,1H3/b22-19+. The van der Waals surface area contributed by atoms with Crippen molar-refractivity contribution in [2.75, 3.05) is 0 Å². The lowest BCUT2D eigenvalue weighted by Gasteiger charge is -2.14. The Bertz CT molecular complexity index is 1070. The Hall–Kier alpha value is -3.71. The maximum absolute atomic E-state index is 5.26. The van der Waals surface area contributed by atoms with Crippen LogP contribution in [0, 0.1) is 6.92 Å². The van der Waals surface area contributed by atoms with Gasteiger partial charge in [0, 0.05) is 11.1 Å². The lowest BCUT2D eigenvalue weighted by atomic mass is 9.99. The second-order valence-corrected chi connectivity index (χ2v) is 7.34. The largest absolute Gasteiger partial charge is 0.272 e. The van der Waals surface area contributed by atoms with Gasteiger partial charge in [-0.1, -0.05) is 133 Å². The van der Waals surface area contributed by atoms with Crippen LogP contribution in [0.1, 0.15) is 33.9 Å². The van der Waals surface area contributed by atoms with Crippen LogP contribution in [0.2, 0.25) is 0 Å². The smallest absolute Gasteiger partial charge is 0.0941 e. The molecule has 0 aromatic heterocycles. The number of aliphatic imine (C=N–C) groups is 1. The fourth-order valence-corrected chi connectivity index (χ4v) is 3.41. The minimum Gasteiger partial charge on any atom is -0.272 e. The van der Waals surface area contributed by atoms with Gasteiger partial charge in [-0.15, -0.1) is 0 Å². The summed E-state index contributed by atoms with van der Waals surface area (Å²) in [6.07, 6.45) is 4.34. The molecule has 4 rings (SSSR count). The molecule has 0 aliphatic carbocycles. The topological polar surface area (TPSA) is 12.4 Å². The monoisotopic (exact) mass is 387 g/mol. The van der Waals surface area contributed by atoms with Crippen molar-refractivity contribution in [3.05, 3.63) is 149 Å². The van der Waals surface area contributed by atoms with E-state index in [0.29, 0.717) is 0 Å². The molecule has 146 valence electrons. The average molecular weight is 388 g/mol. The lowest BCUT2D eigenvalue weighted by Crippen LogP contribution is -2.06. The molecule has 0 amide bonds. The van der Waals surface area contributed by atoms with Gasteiger partial charge in [0.1, 0.15) is 0 Å². The Morgan fingerprint density at radius 1 is 0.633 bits per heavy atom. The molecule has 0 spiro atoms. The predicted octanol–water partition coefficient (Wildman–Crippen LogP) is 7.29. The van der Waals surface area contributed by atoms with Crippen molar-refractivity contribution in [3.8, 4) is 0 Å². The van der Waals surface area contributed by atoms with Gasteiger partial charge in [-0.3, -0.25) is 4.99 Å². The first-order valence-electron chi connectivity index (χ1n) is 10.3. The molecule has 0 N–H and O–H groups in total. The zero-order valence-corrected chi connectivity index (χ0v) is 17.1. The molecule has 0 fully saturated rings. The summed E-state index contributed by atoms with van der Waals surface area (Å²) in [7, 11) is 0. The highest BCUT2D eigenvalue weighted by atomic mass is 14.8. The van der Waals surface area contributed by atoms with E-state index in [4.69, 9.17) is 4.99 Å². The van der Waals surface area contributed by atoms with E-state index in [2.05, 4.69) is 116 Å². The molecule has 1 atom stereocenters. The van der Waals surface area contributed by atoms with E-state index in [1.54, 1.807) is 0 Å². The SMILES string of the molecule is Cc1ccc(C(/C=C/c2ccccc2)N=C(c2ccccc2)c2ccccc2)cc1. The number of nitrogens with zero attached hydrogens (tertiary/aromatic N) is 1. The summed E-state index contributed by atoms with van der Waals surface area (Å²) in [6.45, 7) is 2.11. The Balaban J connectivity index is 1.81. The van der Waals surface area contributed by atoms with Gasteiger partial charge in [-0.25, -0.2) is 0 Å². The van der Waals surface area contributed by atoms with Gasteiger partial charge in [0.15, 0.2) is 0 Å². The Labute approximate surface area is 179 Å². The number of hydrogen-bond acceptors (Lipinski definition) is 1. The summed E-state index contributed by atoms with van der Waals surface area (Å²) in [4.78, 5) is 5.26. The summed E-state index contributed by atoms with van der Waals surface area (Å²) in [5.74, 6) is 0. The fourth-order valence-electron chi connectivity index (χ4n) is 3.41. The van der Waals surface area contributed by atoms with E-state index in [-0.39, 0.29) is 6.04 Å². The van der Waals surface area contributed by atoms with Crippen LogP contribution in [-0.2, 0) is 0 Å². The predicted molar refractivity (Wildman–Crippen MR) is 128 cm³/mol. The van der Waals surface area contributed by atoms with E-state index in [9.17, 15) is 0 Å². The van der Waals surface area contributed by atoms with E-state index >= 15 is 0 Å². The summed E-state index contributed by atoms with van der Waals surface area (Å²) < 4.78 is 0. The van der Waals surface area contributed by atoms with E-state index in [1.807, 2.05) is 18.2 Å². The van der Waals surface area contributed by atoms with Gasteiger partial charge in [0.2, 0.25) is 0 Å². The molecule has 0 heterocycles. The molecule has 0 aliphatic heterocycles. The highest BCUT2D eigenvalue weighted by molar-refractivity contribution is 6.13. The van der Waals surface area contributed by atoms with Gasteiger partial charge in [0.05, 0.1) is 11.8 Å². The number of aryl methyl sites for hydroxylation is 1. The minimum atomic E-state index is -0.0822. The normalized spacial score (nSPS) is 11.9. The molecule has 1 unspecified atom stereocenters. The van der Waals surface area contributed by atoms with Gasteiger partial charge in [-0.2, -0.15) is 0 Å². The van der Waals surface area contributed by atoms with Crippen molar-refractivity contribution >= 4 is 11.8 Å². The minimum absolute atomic E-state index is 0.0822. The third kappa shape index (κ3) is 5.01. The Morgan fingerprint density at radius 2 is 1.13 bits per heavy atom.